The standard InChI is InChI=1S/C37H44Cl3N3O6SSi/c1-25-41-33(40)32(34(42-25)43(35(44)49-36(2,3)4)31-20-19-27(38)23-30(31)39)26(21-22-47-50(8,45)46)24-48-51(37(5,6)7,28-15-11-9-12-16-28)29-17-13-10-14-18-29/h9-20,23,26H,21-22,24H2,1-8H3. The lowest BCUT2D eigenvalue weighted by Crippen LogP contribution is -2.66. The summed E-state index contributed by atoms with van der Waals surface area (Å²) in [5.74, 6) is -0.315. The van der Waals surface area contributed by atoms with Crippen LogP contribution in [0, 0.1) is 6.92 Å². The molecule has 0 N–H and O–H groups in total. The number of benzene rings is 3. The minimum Gasteiger partial charge on any atom is -0.443 e. The molecule has 4 aromatic rings. The maximum atomic E-state index is 14.1. The molecule has 0 saturated heterocycles. The normalized spacial score (nSPS) is 13.2. The predicted octanol–water partition coefficient (Wildman–Crippen LogP) is 8.84. The summed E-state index contributed by atoms with van der Waals surface area (Å²) >= 11 is 20.0. The van der Waals surface area contributed by atoms with Gasteiger partial charge in [-0.25, -0.2) is 19.7 Å². The van der Waals surface area contributed by atoms with Crippen LogP contribution in [0.4, 0.5) is 16.3 Å². The first-order valence-electron chi connectivity index (χ1n) is 16.3. The van der Waals surface area contributed by atoms with E-state index in [1.54, 1.807) is 39.8 Å². The van der Waals surface area contributed by atoms with Gasteiger partial charge in [0.05, 0.1) is 23.6 Å². The van der Waals surface area contributed by atoms with Gasteiger partial charge in [0, 0.05) is 23.1 Å². The second-order valence-corrected chi connectivity index (χ2v) is 21.3. The van der Waals surface area contributed by atoms with Crippen molar-refractivity contribution < 1.29 is 26.6 Å². The molecule has 0 aliphatic carbocycles. The number of nitrogens with zero attached hydrogens (tertiary/aromatic N) is 3. The number of anilines is 2. The number of aryl methyl sites for hydroxylation is 1. The van der Waals surface area contributed by atoms with Crippen LogP contribution in [0.25, 0.3) is 0 Å². The summed E-state index contributed by atoms with van der Waals surface area (Å²) in [6.07, 6.45) is 0.322. The molecule has 1 atom stereocenters. The highest BCUT2D eigenvalue weighted by atomic mass is 35.5. The van der Waals surface area contributed by atoms with Crippen LogP contribution in [0.1, 0.15) is 65.3 Å². The average Bonchev–Trinajstić information content (AvgIpc) is 3.01. The van der Waals surface area contributed by atoms with Gasteiger partial charge in [0.25, 0.3) is 18.4 Å². The Morgan fingerprint density at radius 3 is 1.94 bits per heavy atom. The first kappa shape index (κ1) is 40.7. The van der Waals surface area contributed by atoms with Crippen molar-refractivity contribution >= 4 is 81.2 Å². The van der Waals surface area contributed by atoms with Crippen molar-refractivity contribution in [3.8, 4) is 0 Å². The second kappa shape index (κ2) is 16.3. The van der Waals surface area contributed by atoms with E-state index in [0.717, 1.165) is 16.6 Å². The molecular formula is C37H44Cl3N3O6SSi. The fourth-order valence-corrected chi connectivity index (χ4v) is 11.8. The zero-order chi connectivity index (χ0) is 37.8. The highest BCUT2D eigenvalue weighted by Gasteiger charge is 2.50. The van der Waals surface area contributed by atoms with Crippen LogP contribution < -0.4 is 15.3 Å². The molecule has 0 spiro atoms. The van der Waals surface area contributed by atoms with Gasteiger partial charge in [-0.3, -0.25) is 4.18 Å². The summed E-state index contributed by atoms with van der Waals surface area (Å²) in [4.78, 5) is 24.6. The SMILES string of the molecule is Cc1nc(Cl)c(C(CCOS(C)(=O)=O)CO[Si](c2ccccc2)(c2ccccc2)C(C)(C)C)c(N(C(=O)OC(C)(C)C)c2ccc(Cl)cc2Cl)n1. The number of amides is 1. The number of halogens is 3. The van der Waals surface area contributed by atoms with Gasteiger partial charge in [0.1, 0.15) is 16.6 Å². The lowest BCUT2D eigenvalue weighted by Gasteiger charge is -2.44. The van der Waals surface area contributed by atoms with E-state index in [-0.39, 0.29) is 52.2 Å². The van der Waals surface area contributed by atoms with Gasteiger partial charge in [-0.2, -0.15) is 8.42 Å². The van der Waals surface area contributed by atoms with Crippen LogP contribution in [-0.4, -0.2) is 57.9 Å². The molecular weight excluding hydrogens is 749 g/mol. The van der Waals surface area contributed by atoms with E-state index in [0.29, 0.717) is 10.6 Å². The van der Waals surface area contributed by atoms with Gasteiger partial charge < -0.3 is 9.16 Å². The second-order valence-electron chi connectivity index (χ2n) is 14.2. The largest absolute Gasteiger partial charge is 0.443 e. The first-order valence-corrected chi connectivity index (χ1v) is 21.2. The van der Waals surface area contributed by atoms with Gasteiger partial charge in [-0.1, -0.05) is 116 Å². The Balaban J connectivity index is 1.98. The number of hydrogen-bond acceptors (Lipinski definition) is 8. The molecule has 4 rings (SSSR count). The van der Waals surface area contributed by atoms with Gasteiger partial charge in [0.2, 0.25) is 0 Å². The zero-order valence-electron chi connectivity index (χ0n) is 30.0. The summed E-state index contributed by atoms with van der Waals surface area (Å²) in [7, 11) is -6.91. The summed E-state index contributed by atoms with van der Waals surface area (Å²) in [6.45, 7) is 13.2. The van der Waals surface area contributed by atoms with E-state index in [9.17, 15) is 13.2 Å². The monoisotopic (exact) mass is 791 g/mol. The molecule has 0 radical (unpaired) electrons. The molecule has 1 aromatic heterocycles. The van der Waals surface area contributed by atoms with E-state index in [1.807, 2.05) is 36.4 Å². The predicted molar refractivity (Wildman–Crippen MR) is 208 cm³/mol. The smallest absolute Gasteiger partial charge is 0.420 e. The Morgan fingerprint density at radius 1 is 0.882 bits per heavy atom. The molecule has 3 aromatic carbocycles. The Morgan fingerprint density at radius 2 is 1.45 bits per heavy atom. The van der Waals surface area contributed by atoms with Crippen molar-refractivity contribution in [2.24, 2.45) is 0 Å². The lowest BCUT2D eigenvalue weighted by atomic mass is 9.98. The van der Waals surface area contributed by atoms with Crippen molar-refractivity contribution in [1.82, 2.24) is 9.97 Å². The van der Waals surface area contributed by atoms with Gasteiger partial charge in [0.15, 0.2) is 5.82 Å². The summed E-state index contributed by atoms with van der Waals surface area (Å²) in [6, 6.07) is 24.9. The van der Waals surface area contributed by atoms with Crippen LogP contribution >= 0.6 is 34.8 Å². The molecule has 274 valence electrons. The van der Waals surface area contributed by atoms with Gasteiger partial charge in [-0.05, 0) is 67.7 Å². The van der Waals surface area contributed by atoms with Crippen LogP contribution in [0.15, 0.2) is 78.9 Å². The molecule has 0 aliphatic rings. The molecule has 51 heavy (non-hydrogen) atoms. The fraction of sp³-hybridized carbons (Fsp3) is 0.378. The molecule has 1 heterocycles. The molecule has 1 unspecified atom stereocenters. The Labute approximate surface area is 317 Å². The third kappa shape index (κ3) is 10.1. The lowest BCUT2D eigenvalue weighted by molar-refractivity contribution is 0.0597. The Hall–Kier alpha value is -3.03. The number of rotatable bonds is 12. The highest BCUT2D eigenvalue weighted by Crippen LogP contribution is 2.43. The molecule has 14 heteroatoms. The van der Waals surface area contributed by atoms with Gasteiger partial charge >= 0.3 is 6.09 Å². The number of ether oxygens (including phenoxy) is 1. The Bertz CT molecular complexity index is 1900. The number of carbonyl (C=O) groups is 1. The maximum Gasteiger partial charge on any atom is 0.420 e. The summed E-state index contributed by atoms with van der Waals surface area (Å²) in [5.41, 5.74) is -0.325. The number of carbonyl (C=O) groups excluding carboxylic acids is 1. The topological polar surface area (TPSA) is 108 Å². The third-order valence-corrected chi connectivity index (χ3v) is 14.4. The van der Waals surface area contributed by atoms with Crippen molar-refractivity contribution in [1.29, 1.82) is 0 Å². The third-order valence-electron chi connectivity index (χ3n) is 8.02. The Kier molecular flexibility index (Phi) is 13.0. The van der Waals surface area contributed by atoms with Crippen LogP contribution in [0.3, 0.4) is 0 Å². The molecule has 0 saturated carbocycles. The van der Waals surface area contributed by atoms with E-state index in [4.69, 9.17) is 53.1 Å². The minimum absolute atomic E-state index is 0.0378. The van der Waals surface area contributed by atoms with E-state index in [1.165, 1.54) is 11.0 Å². The summed E-state index contributed by atoms with van der Waals surface area (Å²) in [5, 5.41) is 2.28. The maximum absolute atomic E-state index is 14.1. The van der Waals surface area contributed by atoms with Crippen LogP contribution in [0.2, 0.25) is 20.2 Å². The summed E-state index contributed by atoms with van der Waals surface area (Å²) < 4.78 is 42.7. The van der Waals surface area contributed by atoms with E-state index < -0.39 is 36.0 Å². The zero-order valence-corrected chi connectivity index (χ0v) is 34.1. The number of aromatic nitrogens is 2. The van der Waals surface area contributed by atoms with Crippen molar-refractivity contribution in [2.45, 2.75) is 71.4 Å². The molecule has 0 fully saturated rings. The quantitative estimate of drug-likeness (QED) is 0.0796. The van der Waals surface area contributed by atoms with Crippen molar-refractivity contribution in [2.75, 3.05) is 24.4 Å². The van der Waals surface area contributed by atoms with Crippen molar-refractivity contribution in [3.63, 3.8) is 0 Å². The van der Waals surface area contributed by atoms with Crippen LogP contribution in [-0.2, 0) is 23.5 Å². The first-order chi connectivity index (χ1) is 23.7. The van der Waals surface area contributed by atoms with Crippen molar-refractivity contribution in [3.05, 3.63) is 105 Å². The number of hydrogen-bond donors (Lipinski definition) is 0. The van der Waals surface area contributed by atoms with E-state index >= 15 is 0 Å². The van der Waals surface area contributed by atoms with Gasteiger partial charge in [-0.15, -0.1) is 0 Å². The van der Waals surface area contributed by atoms with Crippen LogP contribution in [0.5, 0.6) is 0 Å². The molecule has 0 aliphatic heterocycles. The fourth-order valence-electron chi connectivity index (χ4n) is 5.96. The average molecular weight is 793 g/mol. The van der Waals surface area contributed by atoms with E-state index in [2.05, 4.69) is 50.0 Å². The minimum atomic E-state index is -3.80. The molecule has 0 bridgehead atoms. The molecule has 9 nitrogen and oxygen atoms in total. The highest BCUT2D eigenvalue weighted by molar-refractivity contribution is 7.85. The molecule has 1 amide bonds.